The summed E-state index contributed by atoms with van der Waals surface area (Å²) in [7, 11) is 0. The maximum absolute atomic E-state index is 6.19. The average molecular weight is 395 g/mol. The number of anilines is 4. The second-order valence-corrected chi connectivity index (χ2v) is 7.24. The van der Waals surface area contributed by atoms with Gasteiger partial charge in [0, 0.05) is 36.0 Å². The lowest BCUT2D eigenvalue weighted by atomic mass is 10.1. The van der Waals surface area contributed by atoms with Gasteiger partial charge in [0.25, 0.3) is 0 Å². The van der Waals surface area contributed by atoms with Crippen LogP contribution in [0.25, 0.3) is 0 Å². The highest BCUT2D eigenvalue weighted by molar-refractivity contribution is 6.31. The predicted octanol–water partition coefficient (Wildman–Crippen LogP) is 4.87. The fraction of sp³-hybridized carbons (Fsp3) is 0.286. The van der Waals surface area contributed by atoms with E-state index in [0.29, 0.717) is 23.3 Å². The van der Waals surface area contributed by atoms with Gasteiger partial charge in [-0.1, -0.05) is 29.8 Å². The van der Waals surface area contributed by atoms with Crippen molar-refractivity contribution in [1.29, 1.82) is 0 Å². The van der Waals surface area contributed by atoms with Crippen molar-refractivity contribution in [1.82, 2.24) is 15.2 Å². The van der Waals surface area contributed by atoms with Gasteiger partial charge in [-0.2, -0.15) is 10.1 Å². The summed E-state index contributed by atoms with van der Waals surface area (Å²) in [6.45, 7) is 2.82. The molecule has 4 rings (SSSR count). The standard InChI is InChI=1S/C21H23ClN6/c22-19-7-3-2-6-16(19)14-23-21-26-20(15-24-27-21)25-17-8-10-18(11-9-17)28-12-4-1-5-13-28/h2-3,6-11,15H,1,4-5,12-14H2,(H2,23,25,26,27). The van der Waals surface area contributed by atoms with Crippen LogP contribution in [0.4, 0.5) is 23.1 Å². The average Bonchev–Trinajstić information content (AvgIpc) is 2.75. The van der Waals surface area contributed by atoms with E-state index in [1.165, 1.54) is 24.9 Å². The Balaban J connectivity index is 1.38. The second-order valence-electron chi connectivity index (χ2n) is 6.83. The number of halogens is 1. The summed E-state index contributed by atoms with van der Waals surface area (Å²) in [5.74, 6) is 1.09. The van der Waals surface area contributed by atoms with Crippen LogP contribution in [0.2, 0.25) is 5.02 Å². The number of piperidine rings is 1. The summed E-state index contributed by atoms with van der Waals surface area (Å²) in [5, 5.41) is 15.2. The van der Waals surface area contributed by atoms with Crippen LogP contribution < -0.4 is 15.5 Å². The highest BCUT2D eigenvalue weighted by Gasteiger charge is 2.10. The van der Waals surface area contributed by atoms with Crippen molar-refractivity contribution >= 4 is 34.7 Å². The van der Waals surface area contributed by atoms with Gasteiger partial charge >= 0.3 is 0 Å². The SMILES string of the molecule is Clc1ccccc1CNc1nncc(Nc2ccc(N3CCCCC3)cc2)n1. The van der Waals surface area contributed by atoms with E-state index in [-0.39, 0.29) is 0 Å². The lowest BCUT2D eigenvalue weighted by Gasteiger charge is -2.28. The number of benzene rings is 2. The van der Waals surface area contributed by atoms with Crippen LogP contribution in [0.5, 0.6) is 0 Å². The molecule has 1 aromatic heterocycles. The van der Waals surface area contributed by atoms with Crippen molar-refractivity contribution in [3.8, 4) is 0 Å². The normalized spacial score (nSPS) is 14.0. The van der Waals surface area contributed by atoms with Gasteiger partial charge in [-0.3, -0.25) is 0 Å². The molecule has 0 spiro atoms. The van der Waals surface area contributed by atoms with E-state index in [1.54, 1.807) is 6.20 Å². The molecule has 6 nitrogen and oxygen atoms in total. The van der Waals surface area contributed by atoms with Gasteiger partial charge in [-0.25, -0.2) is 0 Å². The number of nitrogens with zero attached hydrogens (tertiary/aromatic N) is 4. The largest absolute Gasteiger partial charge is 0.372 e. The Morgan fingerprint density at radius 1 is 0.964 bits per heavy atom. The molecule has 0 radical (unpaired) electrons. The van der Waals surface area contributed by atoms with Crippen LogP contribution >= 0.6 is 11.6 Å². The summed E-state index contributed by atoms with van der Waals surface area (Å²) in [4.78, 5) is 6.92. The van der Waals surface area contributed by atoms with Crippen LogP contribution in [0.3, 0.4) is 0 Å². The predicted molar refractivity (Wildman–Crippen MR) is 114 cm³/mol. The zero-order valence-corrected chi connectivity index (χ0v) is 16.4. The molecule has 28 heavy (non-hydrogen) atoms. The van der Waals surface area contributed by atoms with Gasteiger partial charge < -0.3 is 15.5 Å². The zero-order valence-electron chi connectivity index (χ0n) is 15.6. The van der Waals surface area contributed by atoms with Gasteiger partial charge in [0.05, 0.1) is 6.20 Å². The molecule has 0 amide bonds. The van der Waals surface area contributed by atoms with Gasteiger partial charge in [0.1, 0.15) is 0 Å². The Morgan fingerprint density at radius 3 is 2.54 bits per heavy atom. The van der Waals surface area contributed by atoms with Crippen LogP contribution in [0.15, 0.2) is 54.7 Å². The summed E-state index contributed by atoms with van der Waals surface area (Å²) < 4.78 is 0. The third-order valence-corrected chi connectivity index (χ3v) is 5.18. The summed E-state index contributed by atoms with van der Waals surface area (Å²) in [6, 6.07) is 16.1. The molecule has 0 unspecified atom stereocenters. The van der Waals surface area contributed by atoms with Gasteiger partial charge in [0.15, 0.2) is 5.82 Å². The molecule has 7 heteroatoms. The maximum atomic E-state index is 6.19. The summed E-state index contributed by atoms with van der Waals surface area (Å²) in [5.41, 5.74) is 3.23. The van der Waals surface area contributed by atoms with Crippen LogP contribution in [-0.2, 0) is 6.54 Å². The molecule has 2 N–H and O–H groups in total. The van der Waals surface area contributed by atoms with E-state index in [2.05, 4.69) is 55.0 Å². The fourth-order valence-electron chi connectivity index (χ4n) is 3.31. The van der Waals surface area contributed by atoms with Crippen molar-refractivity contribution in [3.05, 3.63) is 65.3 Å². The van der Waals surface area contributed by atoms with E-state index in [0.717, 1.165) is 24.3 Å². The van der Waals surface area contributed by atoms with Gasteiger partial charge in [0.2, 0.25) is 5.95 Å². The Kier molecular flexibility index (Phi) is 5.87. The van der Waals surface area contributed by atoms with E-state index in [1.807, 2.05) is 24.3 Å². The number of aromatic nitrogens is 3. The highest BCUT2D eigenvalue weighted by Crippen LogP contribution is 2.23. The molecule has 0 bridgehead atoms. The minimum Gasteiger partial charge on any atom is -0.372 e. The van der Waals surface area contributed by atoms with Crippen molar-refractivity contribution in [2.24, 2.45) is 0 Å². The lowest BCUT2D eigenvalue weighted by molar-refractivity contribution is 0.578. The zero-order chi connectivity index (χ0) is 19.2. The number of nitrogens with one attached hydrogen (secondary N) is 2. The van der Waals surface area contributed by atoms with Crippen LogP contribution in [-0.4, -0.2) is 28.3 Å². The Morgan fingerprint density at radius 2 is 1.75 bits per heavy atom. The monoisotopic (exact) mass is 394 g/mol. The first-order chi connectivity index (χ1) is 13.8. The van der Waals surface area contributed by atoms with Crippen molar-refractivity contribution in [2.45, 2.75) is 25.8 Å². The molecule has 144 valence electrons. The second kappa shape index (κ2) is 8.89. The van der Waals surface area contributed by atoms with Crippen molar-refractivity contribution in [2.75, 3.05) is 28.6 Å². The summed E-state index contributed by atoms with van der Waals surface area (Å²) in [6.07, 6.45) is 5.50. The quantitative estimate of drug-likeness (QED) is 0.621. The van der Waals surface area contributed by atoms with Crippen molar-refractivity contribution in [3.63, 3.8) is 0 Å². The molecule has 1 fully saturated rings. The molecule has 1 aliphatic heterocycles. The smallest absolute Gasteiger partial charge is 0.244 e. The van der Waals surface area contributed by atoms with E-state index >= 15 is 0 Å². The topological polar surface area (TPSA) is 66.0 Å². The Labute approximate surface area is 170 Å². The third kappa shape index (κ3) is 4.70. The molecule has 2 aromatic carbocycles. The molecule has 0 saturated carbocycles. The molecule has 3 aromatic rings. The number of rotatable bonds is 6. The molecule has 1 aliphatic rings. The molecular weight excluding hydrogens is 372 g/mol. The van der Waals surface area contributed by atoms with E-state index < -0.39 is 0 Å². The first kappa shape index (κ1) is 18.5. The number of hydrogen-bond acceptors (Lipinski definition) is 6. The first-order valence-electron chi connectivity index (χ1n) is 9.57. The van der Waals surface area contributed by atoms with Gasteiger partial charge in [-0.05, 0) is 55.2 Å². The minimum atomic E-state index is 0.454. The van der Waals surface area contributed by atoms with E-state index in [9.17, 15) is 0 Å². The van der Waals surface area contributed by atoms with Crippen LogP contribution in [0, 0.1) is 0 Å². The Hall–Kier alpha value is -2.86. The summed E-state index contributed by atoms with van der Waals surface area (Å²) >= 11 is 6.19. The highest BCUT2D eigenvalue weighted by atomic mass is 35.5. The maximum Gasteiger partial charge on any atom is 0.244 e. The molecule has 0 atom stereocenters. The van der Waals surface area contributed by atoms with E-state index in [4.69, 9.17) is 11.6 Å². The molecular formula is C21H23ClN6. The first-order valence-corrected chi connectivity index (χ1v) is 9.95. The molecule has 0 aliphatic carbocycles. The van der Waals surface area contributed by atoms with Crippen molar-refractivity contribution < 1.29 is 0 Å². The Bertz CT molecular complexity index is 909. The molecule has 1 saturated heterocycles. The lowest BCUT2D eigenvalue weighted by Crippen LogP contribution is -2.29. The fourth-order valence-corrected chi connectivity index (χ4v) is 3.51. The van der Waals surface area contributed by atoms with Crippen LogP contribution in [0.1, 0.15) is 24.8 Å². The molecule has 2 heterocycles. The number of hydrogen-bond donors (Lipinski definition) is 2. The third-order valence-electron chi connectivity index (χ3n) is 4.81. The minimum absolute atomic E-state index is 0.454. The van der Waals surface area contributed by atoms with Gasteiger partial charge in [-0.15, -0.1) is 5.10 Å².